The maximum absolute atomic E-state index is 13.4. The lowest BCUT2D eigenvalue weighted by molar-refractivity contribution is -0.384. The van der Waals surface area contributed by atoms with E-state index >= 15 is 0 Å². The van der Waals surface area contributed by atoms with Crippen LogP contribution in [0.5, 0.6) is 0 Å². The van der Waals surface area contributed by atoms with E-state index in [9.17, 15) is 14.9 Å². The highest BCUT2D eigenvalue weighted by Crippen LogP contribution is 2.31. The van der Waals surface area contributed by atoms with Crippen molar-refractivity contribution in [2.24, 2.45) is 0 Å². The molecule has 1 fully saturated rings. The van der Waals surface area contributed by atoms with E-state index in [4.69, 9.17) is 9.72 Å². The number of morpholine rings is 1. The number of non-ortho nitro benzene ring substituents is 1. The van der Waals surface area contributed by atoms with Crippen molar-refractivity contribution < 1.29 is 14.5 Å². The van der Waals surface area contributed by atoms with Crippen molar-refractivity contribution in [3.05, 3.63) is 63.7 Å². The molecule has 3 aromatic rings. The van der Waals surface area contributed by atoms with E-state index in [-0.39, 0.29) is 17.2 Å². The molecule has 2 aromatic carbocycles. The minimum atomic E-state index is -0.486. The number of rotatable bonds is 7. The second kappa shape index (κ2) is 9.51. The van der Waals surface area contributed by atoms with Gasteiger partial charge < -0.3 is 4.74 Å². The number of nitro groups is 1. The molecule has 0 spiro atoms. The molecule has 0 saturated carbocycles. The Bertz CT molecular complexity index is 1090. The fraction of sp³-hybridized carbons (Fsp3) is 0.364. The molecule has 2 heterocycles. The lowest BCUT2D eigenvalue weighted by atomic mass is 10.1. The first-order valence-corrected chi connectivity index (χ1v) is 11.1. The van der Waals surface area contributed by atoms with Crippen LogP contribution in [0.1, 0.15) is 22.3 Å². The number of hydrogen-bond acceptors (Lipinski definition) is 7. The number of thiazole rings is 1. The normalized spacial score (nSPS) is 14.6. The van der Waals surface area contributed by atoms with Crippen molar-refractivity contribution >= 4 is 38.3 Å². The minimum Gasteiger partial charge on any atom is -0.379 e. The van der Waals surface area contributed by atoms with E-state index in [1.165, 1.54) is 23.5 Å². The molecule has 1 aromatic heterocycles. The molecular weight excluding hydrogens is 416 g/mol. The smallest absolute Gasteiger partial charge is 0.270 e. The quantitative estimate of drug-likeness (QED) is 0.409. The molecule has 162 valence electrons. The number of hydrogen-bond donors (Lipinski definition) is 0. The topological polar surface area (TPSA) is 88.8 Å². The van der Waals surface area contributed by atoms with Gasteiger partial charge in [-0.3, -0.25) is 24.7 Å². The van der Waals surface area contributed by atoms with Crippen LogP contribution in [0, 0.1) is 17.0 Å². The number of aromatic nitrogens is 1. The van der Waals surface area contributed by atoms with Gasteiger partial charge >= 0.3 is 0 Å². The van der Waals surface area contributed by atoms with Gasteiger partial charge in [0.25, 0.3) is 11.6 Å². The van der Waals surface area contributed by atoms with Crippen LogP contribution in [0.4, 0.5) is 10.8 Å². The second-order valence-corrected chi connectivity index (χ2v) is 8.50. The van der Waals surface area contributed by atoms with Gasteiger partial charge in [0.15, 0.2) is 5.13 Å². The van der Waals surface area contributed by atoms with Crippen LogP contribution in [0.2, 0.25) is 0 Å². The summed E-state index contributed by atoms with van der Waals surface area (Å²) in [6, 6.07) is 11.8. The van der Waals surface area contributed by atoms with Crippen molar-refractivity contribution in [1.82, 2.24) is 9.88 Å². The monoisotopic (exact) mass is 440 g/mol. The number of amides is 1. The van der Waals surface area contributed by atoms with Crippen molar-refractivity contribution in [2.45, 2.75) is 13.3 Å². The first-order valence-electron chi connectivity index (χ1n) is 10.3. The zero-order valence-electron chi connectivity index (χ0n) is 17.3. The van der Waals surface area contributed by atoms with Gasteiger partial charge in [-0.25, -0.2) is 4.98 Å². The van der Waals surface area contributed by atoms with Crippen LogP contribution < -0.4 is 4.90 Å². The third-order valence-corrected chi connectivity index (χ3v) is 6.39. The van der Waals surface area contributed by atoms with Gasteiger partial charge in [-0.1, -0.05) is 29.5 Å². The Labute approximate surface area is 184 Å². The van der Waals surface area contributed by atoms with Crippen molar-refractivity contribution in [1.29, 1.82) is 0 Å². The van der Waals surface area contributed by atoms with Crippen LogP contribution in [0.15, 0.2) is 42.5 Å². The van der Waals surface area contributed by atoms with E-state index in [1.807, 2.05) is 25.1 Å². The van der Waals surface area contributed by atoms with Gasteiger partial charge in [0, 0.05) is 43.9 Å². The summed E-state index contributed by atoms with van der Waals surface area (Å²) in [5.74, 6) is -0.276. The number of carbonyl (C=O) groups is 1. The summed E-state index contributed by atoms with van der Waals surface area (Å²) < 4.78 is 6.41. The summed E-state index contributed by atoms with van der Waals surface area (Å²) in [4.78, 5) is 32.8. The average molecular weight is 441 g/mol. The van der Waals surface area contributed by atoms with Crippen LogP contribution in [-0.2, 0) is 4.74 Å². The minimum absolute atomic E-state index is 0.0979. The zero-order valence-corrected chi connectivity index (χ0v) is 18.1. The molecule has 0 atom stereocenters. The van der Waals surface area contributed by atoms with Gasteiger partial charge in [-0.15, -0.1) is 0 Å². The highest BCUT2D eigenvalue weighted by Gasteiger charge is 2.23. The first-order chi connectivity index (χ1) is 15.0. The molecule has 0 radical (unpaired) electrons. The third-order valence-electron chi connectivity index (χ3n) is 5.35. The van der Waals surface area contributed by atoms with E-state index in [2.05, 4.69) is 4.90 Å². The summed E-state index contributed by atoms with van der Waals surface area (Å²) in [7, 11) is 0. The summed E-state index contributed by atoms with van der Waals surface area (Å²) in [5, 5.41) is 11.8. The molecular formula is C22H24N4O4S. The molecule has 1 aliphatic heterocycles. The number of nitro benzene ring substituents is 1. The Morgan fingerprint density at radius 3 is 2.77 bits per heavy atom. The number of para-hydroxylation sites is 1. The number of ether oxygens (including phenoxy) is 1. The number of aryl methyl sites for hydroxylation is 1. The Kier molecular flexibility index (Phi) is 6.55. The molecule has 1 saturated heterocycles. The fourth-order valence-corrected chi connectivity index (χ4v) is 4.73. The fourth-order valence-electron chi connectivity index (χ4n) is 3.66. The summed E-state index contributed by atoms with van der Waals surface area (Å²) >= 11 is 1.47. The Hall–Kier alpha value is -2.88. The molecule has 0 bridgehead atoms. The molecule has 9 heteroatoms. The number of carbonyl (C=O) groups excluding carboxylic acids is 1. The third kappa shape index (κ3) is 4.90. The SMILES string of the molecule is Cc1cccc2sc(N(CCCN3CCOCC3)C(=O)c3cccc([N+](=O)[O-])c3)nc12. The average Bonchev–Trinajstić information content (AvgIpc) is 3.22. The predicted octanol–water partition coefficient (Wildman–Crippen LogP) is 3.88. The number of fused-ring (bicyclic) bond motifs is 1. The molecule has 0 aliphatic carbocycles. The van der Waals surface area contributed by atoms with E-state index < -0.39 is 4.92 Å². The van der Waals surface area contributed by atoms with Crippen molar-refractivity contribution in [3.63, 3.8) is 0 Å². The van der Waals surface area contributed by atoms with Gasteiger partial charge in [0.1, 0.15) is 0 Å². The molecule has 4 rings (SSSR count). The number of nitrogens with zero attached hydrogens (tertiary/aromatic N) is 4. The zero-order chi connectivity index (χ0) is 21.8. The molecule has 31 heavy (non-hydrogen) atoms. The molecule has 1 amide bonds. The molecule has 0 unspecified atom stereocenters. The first kappa shape index (κ1) is 21.4. The van der Waals surface area contributed by atoms with Crippen molar-refractivity contribution in [2.75, 3.05) is 44.3 Å². The number of anilines is 1. The van der Waals surface area contributed by atoms with Crippen LogP contribution in [0.25, 0.3) is 10.2 Å². The standard InChI is InChI=1S/C22H24N4O4S/c1-16-5-2-8-19-20(16)23-22(31-19)25(10-4-9-24-11-13-30-14-12-24)21(27)17-6-3-7-18(15-17)26(28)29/h2-3,5-8,15H,4,9-14H2,1H3. The van der Waals surface area contributed by atoms with Gasteiger partial charge in [-0.05, 0) is 31.0 Å². The Morgan fingerprint density at radius 1 is 1.26 bits per heavy atom. The van der Waals surface area contributed by atoms with Crippen LogP contribution >= 0.6 is 11.3 Å². The molecule has 1 aliphatic rings. The number of benzene rings is 2. The largest absolute Gasteiger partial charge is 0.379 e. The lowest BCUT2D eigenvalue weighted by Gasteiger charge is -2.27. The van der Waals surface area contributed by atoms with Crippen LogP contribution in [0.3, 0.4) is 0 Å². The van der Waals surface area contributed by atoms with Crippen LogP contribution in [-0.4, -0.2) is 60.1 Å². The van der Waals surface area contributed by atoms with E-state index in [1.54, 1.807) is 17.0 Å². The van der Waals surface area contributed by atoms with Gasteiger partial charge in [0.2, 0.25) is 0 Å². The Balaban J connectivity index is 1.61. The Morgan fingerprint density at radius 2 is 2.03 bits per heavy atom. The predicted molar refractivity (Wildman–Crippen MR) is 121 cm³/mol. The second-order valence-electron chi connectivity index (χ2n) is 7.49. The maximum atomic E-state index is 13.4. The lowest BCUT2D eigenvalue weighted by Crippen LogP contribution is -2.39. The maximum Gasteiger partial charge on any atom is 0.270 e. The molecule has 8 nitrogen and oxygen atoms in total. The highest BCUT2D eigenvalue weighted by molar-refractivity contribution is 7.22. The van der Waals surface area contributed by atoms with E-state index in [0.29, 0.717) is 11.7 Å². The summed E-state index contributed by atoms with van der Waals surface area (Å²) in [6.07, 6.45) is 0.773. The van der Waals surface area contributed by atoms with Crippen molar-refractivity contribution in [3.8, 4) is 0 Å². The van der Waals surface area contributed by atoms with E-state index in [0.717, 1.165) is 55.0 Å². The molecule has 0 N–H and O–H groups in total. The highest BCUT2D eigenvalue weighted by atomic mass is 32.1. The van der Waals surface area contributed by atoms with Gasteiger partial charge in [0.05, 0.1) is 28.4 Å². The summed E-state index contributed by atoms with van der Waals surface area (Å²) in [6.45, 7) is 6.57. The van der Waals surface area contributed by atoms with Gasteiger partial charge in [-0.2, -0.15) is 0 Å². The summed E-state index contributed by atoms with van der Waals surface area (Å²) in [5.41, 5.74) is 2.12.